The molecule has 1 aromatic carbocycles. The molecule has 1 spiro atoms. The molecule has 32 heavy (non-hydrogen) atoms. The van der Waals surface area contributed by atoms with Crippen LogP contribution in [0.4, 0.5) is 5.69 Å². The number of anilines is 1. The number of nitrogens with one attached hydrogen (secondary N) is 1. The predicted molar refractivity (Wildman–Crippen MR) is 125 cm³/mol. The molecule has 10 heteroatoms. The average Bonchev–Trinajstić information content (AvgIpc) is 3.09. The van der Waals surface area contributed by atoms with E-state index in [2.05, 4.69) is 10.2 Å². The zero-order valence-electron chi connectivity index (χ0n) is 19.5. The van der Waals surface area contributed by atoms with Crippen molar-refractivity contribution in [2.45, 2.75) is 38.6 Å². The molecule has 2 aliphatic heterocycles. The zero-order chi connectivity index (χ0) is 23.5. The summed E-state index contributed by atoms with van der Waals surface area (Å²) in [6, 6.07) is 5.47. The summed E-state index contributed by atoms with van der Waals surface area (Å²) in [5.41, 5.74) is 1.77. The van der Waals surface area contributed by atoms with E-state index in [0.717, 1.165) is 43.4 Å². The number of nitrogens with zero attached hydrogens (tertiary/aromatic N) is 4. The minimum absolute atomic E-state index is 0.0112. The van der Waals surface area contributed by atoms with Gasteiger partial charge in [0.15, 0.2) is 0 Å². The van der Waals surface area contributed by atoms with Gasteiger partial charge in [-0.2, -0.15) is 4.31 Å². The summed E-state index contributed by atoms with van der Waals surface area (Å²) in [5.74, 6) is -0.0919. The second-order valence-corrected chi connectivity index (χ2v) is 12.1. The Kier molecular flexibility index (Phi) is 5.54. The van der Waals surface area contributed by atoms with E-state index in [4.69, 9.17) is 0 Å². The highest BCUT2D eigenvalue weighted by atomic mass is 32.2. The summed E-state index contributed by atoms with van der Waals surface area (Å²) in [6.45, 7) is 6.40. The third-order valence-corrected chi connectivity index (χ3v) is 8.63. The molecule has 0 bridgehead atoms. The van der Waals surface area contributed by atoms with Crippen LogP contribution >= 0.6 is 0 Å². The van der Waals surface area contributed by atoms with Crippen LogP contribution in [0.15, 0.2) is 23.0 Å². The lowest BCUT2D eigenvalue weighted by Gasteiger charge is -2.39. The van der Waals surface area contributed by atoms with E-state index in [9.17, 15) is 18.0 Å². The number of aryl methyl sites for hydroxylation is 2. The number of likely N-dealkylation sites (tertiary alicyclic amines) is 1. The van der Waals surface area contributed by atoms with Crippen molar-refractivity contribution in [2.75, 3.05) is 37.8 Å². The van der Waals surface area contributed by atoms with Crippen molar-refractivity contribution in [3.8, 4) is 0 Å². The van der Waals surface area contributed by atoms with Crippen LogP contribution in [0.1, 0.15) is 33.1 Å². The second kappa shape index (κ2) is 7.71. The van der Waals surface area contributed by atoms with Crippen LogP contribution in [-0.2, 0) is 28.9 Å². The van der Waals surface area contributed by atoms with Crippen molar-refractivity contribution in [3.05, 3.63) is 28.7 Å². The Morgan fingerprint density at radius 1 is 1.09 bits per heavy atom. The van der Waals surface area contributed by atoms with Gasteiger partial charge in [0.05, 0.1) is 23.8 Å². The SMILES string of the molecule is Cn1c(=O)n(C)c2cc(NC(=O)CN3CCC4(CC3)CN(S(C)(=O)=O)C(C)(C)C4)ccc21. The lowest BCUT2D eigenvalue weighted by molar-refractivity contribution is -0.117. The van der Waals surface area contributed by atoms with Gasteiger partial charge in [-0.25, -0.2) is 13.2 Å². The zero-order valence-corrected chi connectivity index (χ0v) is 20.3. The van der Waals surface area contributed by atoms with Gasteiger partial charge in [-0.15, -0.1) is 0 Å². The van der Waals surface area contributed by atoms with E-state index in [0.29, 0.717) is 18.8 Å². The molecule has 1 N–H and O–H groups in total. The summed E-state index contributed by atoms with van der Waals surface area (Å²) in [6.07, 6.45) is 3.91. The number of amides is 1. The summed E-state index contributed by atoms with van der Waals surface area (Å²) in [5, 5.41) is 2.95. The molecule has 2 saturated heterocycles. The first-order valence-corrected chi connectivity index (χ1v) is 12.8. The number of hydrogen-bond donors (Lipinski definition) is 1. The number of benzene rings is 1. The summed E-state index contributed by atoms with van der Waals surface area (Å²) in [7, 11) is 0.206. The fourth-order valence-electron chi connectivity index (χ4n) is 5.66. The van der Waals surface area contributed by atoms with Crippen molar-refractivity contribution in [1.29, 1.82) is 0 Å². The summed E-state index contributed by atoms with van der Waals surface area (Å²) >= 11 is 0. The minimum atomic E-state index is -3.24. The Morgan fingerprint density at radius 2 is 1.72 bits per heavy atom. The number of imidazole rings is 1. The molecule has 1 amide bonds. The molecule has 1 aromatic heterocycles. The van der Waals surface area contributed by atoms with E-state index in [-0.39, 0.29) is 22.6 Å². The minimum Gasteiger partial charge on any atom is -0.325 e. The maximum absolute atomic E-state index is 12.7. The highest BCUT2D eigenvalue weighted by Crippen LogP contribution is 2.48. The summed E-state index contributed by atoms with van der Waals surface area (Å²) in [4.78, 5) is 26.9. The smallest absolute Gasteiger partial charge is 0.325 e. The van der Waals surface area contributed by atoms with Crippen LogP contribution in [0, 0.1) is 5.41 Å². The molecule has 0 atom stereocenters. The number of carbonyl (C=O) groups excluding carboxylic acids is 1. The molecule has 3 heterocycles. The summed E-state index contributed by atoms with van der Waals surface area (Å²) < 4.78 is 29.2. The number of fused-ring (bicyclic) bond motifs is 1. The molecule has 0 unspecified atom stereocenters. The second-order valence-electron chi connectivity index (χ2n) is 10.2. The number of rotatable bonds is 4. The van der Waals surface area contributed by atoms with Crippen LogP contribution in [0.2, 0.25) is 0 Å². The molecular formula is C22H33N5O4S. The van der Waals surface area contributed by atoms with Crippen molar-refractivity contribution < 1.29 is 13.2 Å². The van der Waals surface area contributed by atoms with Crippen LogP contribution in [-0.4, -0.2) is 70.6 Å². The van der Waals surface area contributed by atoms with Gasteiger partial charge in [-0.05, 0) is 69.8 Å². The van der Waals surface area contributed by atoms with Gasteiger partial charge in [-0.3, -0.25) is 18.8 Å². The lowest BCUT2D eigenvalue weighted by atomic mass is 9.74. The molecular weight excluding hydrogens is 430 g/mol. The number of aromatic nitrogens is 2. The maximum Gasteiger partial charge on any atom is 0.328 e. The Labute approximate surface area is 189 Å². The third kappa shape index (κ3) is 4.11. The average molecular weight is 464 g/mol. The van der Waals surface area contributed by atoms with Crippen LogP contribution in [0.5, 0.6) is 0 Å². The van der Waals surface area contributed by atoms with Crippen molar-refractivity contribution >= 4 is 32.7 Å². The Balaban J connectivity index is 1.37. The molecule has 2 aliphatic rings. The molecule has 2 fully saturated rings. The number of sulfonamides is 1. The largest absolute Gasteiger partial charge is 0.328 e. The van der Waals surface area contributed by atoms with E-state index < -0.39 is 10.0 Å². The van der Waals surface area contributed by atoms with Gasteiger partial charge in [0, 0.05) is 31.9 Å². The van der Waals surface area contributed by atoms with Gasteiger partial charge in [0.1, 0.15) is 0 Å². The molecule has 0 saturated carbocycles. The Morgan fingerprint density at radius 3 is 2.31 bits per heavy atom. The first-order chi connectivity index (χ1) is 14.8. The van der Waals surface area contributed by atoms with Gasteiger partial charge < -0.3 is 5.32 Å². The van der Waals surface area contributed by atoms with Crippen LogP contribution < -0.4 is 11.0 Å². The first-order valence-electron chi connectivity index (χ1n) is 11.0. The van der Waals surface area contributed by atoms with Crippen LogP contribution in [0.25, 0.3) is 11.0 Å². The third-order valence-electron chi connectivity index (χ3n) is 7.20. The Hall–Kier alpha value is -2.17. The molecule has 4 rings (SSSR count). The monoisotopic (exact) mass is 463 g/mol. The molecule has 2 aromatic rings. The molecule has 0 radical (unpaired) electrons. The van der Waals surface area contributed by atoms with Crippen LogP contribution in [0.3, 0.4) is 0 Å². The van der Waals surface area contributed by atoms with E-state index in [1.165, 1.54) is 6.26 Å². The number of carbonyl (C=O) groups is 1. The first kappa shape index (κ1) is 23.0. The van der Waals surface area contributed by atoms with E-state index in [1.807, 2.05) is 32.0 Å². The Bertz CT molecular complexity index is 1220. The fraction of sp³-hybridized carbons (Fsp3) is 0.636. The van der Waals surface area contributed by atoms with Gasteiger partial charge in [0.2, 0.25) is 15.9 Å². The van der Waals surface area contributed by atoms with Gasteiger partial charge >= 0.3 is 5.69 Å². The standard InChI is InChI=1S/C22H33N5O4S/c1-21(2)14-22(15-27(21)32(5,30)31)8-10-26(11-9-22)13-19(28)23-16-6-7-17-18(12-16)25(4)20(29)24(17)3/h6-7,12H,8-11,13-15H2,1-5H3,(H,23,28). The molecule has 176 valence electrons. The normalized spacial score (nSPS) is 21.4. The molecule has 0 aliphatic carbocycles. The van der Waals surface area contributed by atoms with E-state index >= 15 is 0 Å². The quantitative estimate of drug-likeness (QED) is 0.738. The number of piperidine rings is 1. The fourth-order valence-corrected chi connectivity index (χ4v) is 7.13. The maximum atomic E-state index is 12.7. The predicted octanol–water partition coefficient (Wildman–Crippen LogP) is 1.34. The van der Waals surface area contributed by atoms with Crippen molar-refractivity contribution in [3.63, 3.8) is 0 Å². The van der Waals surface area contributed by atoms with Crippen molar-refractivity contribution in [2.24, 2.45) is 19.5 Å². The lowest BCUT2D eigenvalue weighted by Crippen LogP contribution is -2.45. The number of hydrogen-bond acceptors (Lipinski definition) is 5. The van der Waals surface area contributed by atoms with Gasteiger partial charge in [-0.1, -0.05) is 0 Å². The van der Waals surface area contributed by atoms with Gasteiger partial charge in [0.25, 0.3) is 0 Å². The highest BCUT2D eigenvalue weighted by molar-refractivity contribution is 7.88. The van der Waals surface area contributed by atoms with E-state index in [1.54, 1.807) is 27.5 Å². The topological polar surface area (TPSA) is 96.7 Å². The molecule has 9 nitrogen and oxygen atoms in total. The van der Waals surface area contributed by atoms with Crippen molar-refractivity contribution in [1.82, 2.24) is 18.3 Å². The highest BCUT2D eigenvalue weighted by Gasteiger charge is 2.52.